The Kier molecular flexibility index (Phi) is 3.53. The fraction of sp³-hybridized carbons (Fsp3) is 0.889. The first-order valence-corrected chi connectivity index (χ1v) is 4.65. The van der Waals surface area contributed by atoms with Crippen molar-refractivity contribution in [3.8, 4) is 0 Å². The third kappa shape index (κ3) is 2.48. The Morgan fingerprint density at radius 1 is 1.58 bits per heavy atom. The molecule has 12 heavy (non-hydrogen) atoms. The highest BCUT2D eigenvalue weighted by Gasteiger charge is 2.23. The summed E-state index contributed by atoms with van der Waals surface area (Å²) >= 11 is 0. The van der Waals surface area contributed by atoms with Crippen molar-refractivity contribution in [2.24, 2.45) is 11.8 Å². The third-order valence-electron chi connectivity index (χ3n) is 2.68. The van der Waals surface area contributed by atoms with Gasteiger partial charge in [-0.15, -0.1) is 0 Å². The molecular weight excluding hydrogens is 154 g/mol. The maximum absolute atomic E-state index is 10.7. The van der Waals surface area contributed by atoms with Crippen LogP contribution in [0.1, 0.15) is 26.2 Å². The Bertz CT molecular complexity index is 151. The average molecular weight is 171 g/mol. The monoisotopic (exact) mass is 171 g/mol. The largest absolute Gasteiger partial charge is 0.481 e. The van der Waals surface area contributed by atoms with Crippen molar-refractivity contribution in [2.75, 3.05) is 13.1 Å². The van der Waals surface area contributed by atoms with Gasteiger partial charge in [-0.3, -0.25) is 4.79 Å². The average Bonchev–Trinajstić information content (AvgIpc) is 2.30. The number of carbonyl (C=O) groups is 1. The predicted molar refractivity (Wildman–Crippen MR) is 47.0 cm³/mol. The molecule has 70 valence electrons. The van der Waals surface area contributed by atoms with Crippen molar-refractivity contribution in [3.05, 3.63) is 0 Å². The van der Waals surface area contributed by atoms with Crippen molar-refractivity contribution in [1.29, 1.82) is 0 Å². The maximum Gasteiger partial charge on any atom is 0.306 e. The van der Waals surface area contributed by atoms with E-state index in [1.807, 2.05) is 0 Å². The standard InChI is InChI=1S/C9H17NO2/c1-7(9(11)12)8-4-2-3-5-10-6-8/h7-8,10H,2-6H2,1H3,(H,11,12)/t7-,8+/m0/s1. The molecule has 1 rings (SSSR count). The molecule has 2 N–H and O–H groups in total. The Hall–Kier alpha value is -0.570. The van der Waals surface area contributed by atoms with Gasteiger partial charge in [0.15, 0.2) is 0 Å². The summed E-state index contributed by atoms with van der Waals surface area (Å²) in [6, 6.07) is 0. The minimum absolute atomic E-state index is 0.199. The third-order valence-corrected chi connectivity index (χ3v) is 2.68. The molecule has 0 aromatic carbocycles. The first-order chi connectivity index (χ1) is 5.72. The number of carboxylic acid groups (broad SMARTS) is 1. The SMILES string of the molecule is C[C@H](C(=O)O)[C@@H]1CCCCNC1. The topological polar surface area (TPSA) is 49.3 Å². The summed E-state index contributed by atoms with van der Waals surface area (Å²) in [6.45, 7) is 3.72. The molecule has 0 aromatic rings. The van der Waals surface area contributed by atoms with Crippen LogP contribution in [0.2, 0.25) is 0 Å². The molecule has 0 spiro atoms. The van der Waals surface area contributed by atoms with E-state index in [2.05, 4.69) is 5.32 Å². The van der Waals surface area contributed by atoms with Gasteiger partial charge in [-0.05, 0) is 31.8 Å². The van der Waals surface area contributed by atoms with E-state index in [1.54, 1.807) is 6.92 Å². The molecule has 2 atom stereocenters. The van der Waals surface area contributed by atoms with Crippen LogP contribution in [0.15, 0.2) is 0 Å². The molecule has 0 unspecified atom stereocenters. The Morgan fingerprint density at radius 3 is 3.00 bits per heavy atom. The minimum Gasteiger partial charge on any atom is -0.481 e. The number of rotatable bonds is 2. The molecule has 0 saturated carbocycles. The van der Waals surface area contributed by atoms with Crippen molar-refractivity contribution < 1.29 is 9.90 Å². The molecule has 3 heteroatoms. The predicted octanol–water partition coefficient (Wildman–Crippen LogP) is 1.10. The van der Waals surface area contributed by atoms with Crippen LogP contribution in [0.25, 0.3) is 0 Å². The van der Waals surface area contributed by atoms with E-state index in [1.165, 1.54) is 6.42 Å². The van der Waals surface area contributed by atoms with Crippen molar-refractivity contribution in [1.82, 2.24) is 5.32 Å². The van der Waals surface area contributed by atoms with E-state index in [0.29, 0.717) is 5.92 Å². The zero-order valence-corrected chi connectivity index (χ0v) is 7.55. The summed E-state index contributed by atoms with van der Waals surface area (Å²) in [6.07, 6.45) is 3.40. The van der Waals surface area contributed by atoms with E-state index < -0.39 is 5.97 Å². The molecule has 1 aliphatic rings. The van der Waals surface area contributed by atoms with E-state index in [-0.39, 0.29) is 5.92 Å². The quantitative estimate of drug-likeness (QED) is 0.654. The highest BCUT2D eigenvalue weighted by Crippen LogP contribution is 2.19. The molecule has 3 nitrogen and oxygen atoms in total. The van der Waals surface area contributed by atoms with Crippen LogP contribution in [0.4, 0.5) is 0 Å². The molecule has 0 aliphatic carbocycles. The lowest BCUT2D eigenvalue weighted by Crippen LogP contribution is -2.29. The summed E-state index contributed by atoms with van der Waals surface area (Å²) in [5.41, 5.74) is 0. The second-order valence-electron chi connectivity index (χ2n) is 3.59. The lowest BCUT2D eigenvalue weighted by atomic mass is 9.90. The van der Waals surface area contributed by atoms with Crippen LogP contribution in [-0.4, -0.2) is 24.2 Å². The highest BCUT2D eigenvalue weighted by atomic mass is 16.4. The molecule has 1 aliphatic heterocycles. The van der Waals surface area contributed by atoms with Crippen molar-refractivity contribution >= 4 is 5.97 Å². The smallest absolute Gasteiger partial charge is 0.306 e. The number of aliphatic carboxylic acids is 1. The van der Waals surface area contributed by atoms with Gasteiger partial charge in [0.1, 0.15) is 0 Å². The summed E-state index contributed by atoms with van der Waals surface area (Å²) in [7, 11) is 0. The van der Waals surface area contributed by atoms with Gasteiger partial charge in [-0.1, -0.05) is 13.3 Å². The Balaban J connectivity index is 2.42. The number of carboxylic acids is 1. The van der Waals surface area contributed by atoms with Crippen LogP contribution < -0.4 is 5.32 Å². The normalized spacial score (nSPS) is 27.6. The highest BCUT2D eigenvalue weighted by molar-refractivity contribution is 5.69. The van der Waals surface area contributed by atoms with Gasteiger partial charge in [-0.25, -0.2) is 0 Å². The van der Waals surface area contributed by atoms with Gasteiger partial charge >= 0.3 is 5.97 Å². The van der Waals surface area contributed by atoms with E-state index >= 15 is 0 Å². The van der Waals surface area contributed by atoms with E-state index in [9.17, 15) is 4.79 Å². The number of hydrogen-bond donors (Lipinski definition) is 2. The van der Waals surface area contributed by atoms with Crippen LogP contribution in [-0.2, 0) is 4.79 Å². The second-order valence-corrected chi connectivity index (χ2v) is 3.59. The first-order valence-electron chi connectivity index (χ1n) is 4.65. The van der Waals surface area contributed by atoms with E-state index in [0.717, 1.165) is 25.9 Å². The van der Waals surface area contributed by atoms with Gasteiger partial charge in [0.25, 0.3) is 0 Å². The van der Waals surface area contributed by atoms with Crippen LogP contribution >= 0.6 is 0 Å². The van der Waals surface area contributed by atoms with Crippen molar-refractivity contribution in [2.45, 2.75) is 26.2 Å². The van der Waals surface area contributed by atoms with Gasteiger partial charge in [0.2, 0.25) is 0 Å². The maximum atomic E-state index is 10.7. The molecule has 0 aromatic heterocycles. The molecule has 0 amide bonds. The van der Waals surface area contributed by atoms with Gasteiger partial charge in [0, 0.05) is 0 Å². The van der Waals surface area contributed by atoms with Gasteiger partial charge in [0.05, 0.1) is 5.92 Å². The zero-order chi connectivity index (χ0) is 8.97. The summed E-state index contributed by atoms with van der Waals surface area (Å²) in [4.78, 5) is 10.7. The lowest BCUT2D eigenvalue weighted by molar-refractivity contribution is -0.142. The fourth-order valence-corrected chi connectivity index (χ4v) is 1.67. The molecule has 1 fully saturated rings. The minimum atomic E-state index is -0.663. The second kappa shape index (κ2) is 4.45. The molecule has 0 radical (unpaired) electrons. The van der Waals surface area contributed by atoms with E-state index in [4.69, 9.17) is 5.11 Å². The molecule has 0 bridgehead atoms. The molecular formula is C9H17NO2. The number of nitrogens with one attached hydrogen (secondary N) is 1. The van der Waals surface area contributed by atoms with Gasteiger partial charge < -0.3 is 10.4 Å². The Morgan fingerprint density at radius 2 is 2.33 bits per heavy atom. The fourth-order valence-electron chi connectivity index (χ4n) is 1.67. The molecule has 1 heterocycles. The van der Waals surface area contributed by atoms with Crippen molar-refractivity contribution in [3.63, 3.8) is 0 Å². The van der Waals surface area contributed by atoms with Crippen LogP contribution in [0.5, 0.6) is 0 Å². The number of hydrogen-bond acceptors (Lipinski definition) is 2. The van der Waals surface area contributed by atoms with Crippen LogP contribution in [0, 0.1) is 11.8 Å². The molecule has 1 saturated heterocycles. The zero-order valence-electron chi connectivity index (χ0n) is 7.55. The first kappa shape index (κ1) is 9.52. The van der Waals surface area contributed by atoms with Crippen LogP contribution in [0.3, 0.4) is 0 Å². The summed E-state index contributed by atoms with van der Waals surface area (Å²) in [5, 5.41) is 12.1. The van der Waals surface area contributed by atoms with Gasteiger partial charge in [-0.2, -0.15) is 0 Å². The Labute approximate surface area is 73.2 Å². The summed E-state index contributed by atoms with van der Waals surface area (Å²) in [5.74, 6) is -0.538. The summed E-state index contributed by atoms with van der Waals surface area (Å²) < 4.78 is 0. The lowest BCUT2D eigenvalue weighted by Gasteiger charge is -2.18.